The number of aliphatic hydroxyl groups excluding tert-OH is 1. The van der Waals surface area contributed by atoms with Crippen LogP contribution < -0.4 is 5.32 Å². The molecular weight excluding hydrogens is 186 g/mol. The Kier molecular flexibility index (Phi) is 7.51. The van der Waals surface area contributed by atoms with Crippen LogP contribution in [0.4, 0.5) is 0 Å². The van der Waals surface area contributed by atoms with Gasteiger partial charge >= 0.3 is 0 Å². The number of nitrogens with one attached hydrogen (secondary N) is 1. The fourth-order valence-corrected chi connectivity index (χ4v) is 1.67. The summed E-state index contributed by atoms with van der Waals surface area (Å²) >= 11 is 0. The predicted molar refractivity (Wildman–Crippen MR) is 57.3 cm³/mol. The van der Waals surface area contributed by atoms with Gasteiger partial charge in [0.05, 0.1) is 6.10 Å². The van der Waals surface area contributed by atoms with Gasteiger partial charge in [-0.05, 0) is 33.2 Å². The Morgan fingerprint density at radius 1 is 1.38 bits per heavy atom. The van der Waals surface area contributed by atoms with E-state index in [1.807, 2.05) is 0 Å². The molecule has 0 aromatic carbocycles. The van der Waals surface area contributed by atoms with Crippen molar-refractivity contribution in [3.63, 3.8) is 0 Å². The number of rotatable bonds is 7. The van der Waals surface area contributed by atoms with Crippen molar-refractivity contribution in [3.05, 3.63) is 0 Å². The second-order valence-corrected chi connectivity index (χ2v) is 5.11. The van der Waals surface area contributed by atoms with E-state index >= 15 is 0 Å². The molecule has 4 heteroatoms. The maximum atomic E-state index is 10.8. The molecule has 0 aliphatic carbocycles. The van der Waals surface area contributed by atoms with Crippen molar-refractivity contribution in [2.75, 3.05) is 18.6 Å². The fraction of sp³-hybridized carbons (Fsp3) is 1.00. The molecular formula is C9H21NO2S. The summed E-state index contributed by atoms with van der Waals surface area (Å²) in [6.07, 6.45) is 3.20. The minimum Gasteiger partial charge on any atom is -0.393 e. The number of hydrogen-bond acceptors (Lipinski definition) is 3. The summed E-state index contributed by atoms with van der Waals surface area (Å²) in [5, 5.41) is 12.3. The molecule has 0 amide bonds. The predicted octanol–water partition coefficient (Wildman–Crippen LogP) is 0.504. The molecule has 0 aliphatic rings. The summed E-state index contributed by atoms with van der Waals surface area (Å²) in [7, 11) is -0.690. The Balaban J connectivity index is 3.30. The van der Waals surface area contributed by atoms with Gasteiger partial charge in [-0.25, -0.2) is 0 Å². The summed E-state index contributed by atoms with van der Waals surface area (Å²) < 4.78 is 10.8. The molecule has 3 nitrogen and oxygen atoms in total. The highest BCUT2D eigenvalue weighted by Gasteiger charge is 2.02. The first-order chi connectivity index (χ1) is 6.02. The minimum atomic E-state index is -0.690. The zero-order valence-electron chi connectivity index (χ0n) is 8.75. The van der Waals surface area contributed by atoms with Crippen LogP contribution in [0.1, 0.15) is 26.7 Å². The molecule has 3 atom stereocenters. The summed E-state index contributed by atoms with van der Waals surface area (Å²) in [6.45, 7) is 4.69. The van der Waals surface area contributed by atoms with Crippen LogP contribution in [-0.2, 0) is 10.8 Å². The van der Waals surface area contributed by atoms with Gasteiger partial charge < -0.3 is 10.4 Å². The van der Waals surface area contributed by atoms with E-state index in [-0.39, 0.29) is 6.10 Å². The van der Waals surface area contributed by atoms with Crippen LogP contribution in [0.2, 0.25) is 0 Å². The monoisotopic (exact) mass is 207 g/mol. The van der Waals surface area contributed by atoms with Crippen LogP contribution in [0.3, 0.4) is 0 Å². The van der Waals surface area contributed by atoms with Gasteiger partial charge in [-0.1, -0.05) is 0 Å². The van der Waals surface area contributed by atoms with Crippen LogP contribution in [0.25, 0.3) is 0 Å². The van der Waals surface area contributed by atoms with Gasteiger partial charge in [-0.3, -0.25) is 4.21 Å². The van der Waals surface area contributed by atoms with E-state index in [2.05, 4.69) is 12.2 Å². The zero-order valence-corrected chi connectivity index (χ0v) is 9.56. The third-order valence-electron chi connectivity index (χ3n) is 1.89. The minimum absolute atomic E-state index is 0.236. The Labute approximate surface area is 83.4 Å². The lowest BCUT2D eigenvalue weighted by Gasteiger charge is -2.13. The molecule has 0 aromatic rings. The summed E-state index contributed by atoms with van der Waals surface area (Å²) in [5.41, 5.74) is 0. The van der Waals surface area contributed by atoms with E-state index in [9.17, 15) is 4.21 Å². The van der Waals surface area contributed by atoms with Crippen LogP contribution in [0.5, 0.6) is 0 Å². The molecule has 0 spiro atoms. The molecule has 0 rings (SSSR count). The Hall–Kier alpha value is 0.0700. The molecule has 0 aromatic heterocycles. The molecule has 0 fully saturated rings. The third-order valence-corrected chi connectivity index (χ3v) is 2.70. The molecule has 0 aliphatic heterocycles. The van der Waals surface area contributed by atoms with Gasteiger partial charge in [-0.15, -0.1) is 0 Å². The number of hydrogen-bond donors (Lipinski definition) is 2. The first-order valence-corrected chi connectivity index (χ1v) is 6.46. The highest BCUT2D eigenvalue weighted by atomic mass is 32.2. The van der Waals surface area contributed by atoms with E-state index in [0.717, 1.165) is 25.1 Å². The molecule has 2 N–H and O–H groups in total. The van der Waals surface area contributed by atoms with Gasteiger partial charge in [0, 0.05) is 28.9 Å². The van der Waals surface area contributed by atoms with Crippen molar-refractivity contribution in [2.24, 2.45) is 0 Å². The van der Waals surface area contributed by atoms with Crippen LogP contribution in [-0.4, -0.2) is 40.0 Å². The maximum absolute atomic E-state index is 10.8. The van der Waals surface area contributed by atoms with Crippen LogP contribution >= 0.6 is 0 Å². The highest BCUT2D eigenvalue weighted by Crippen LogP contribution is 1.94. The molecule has 0 saturated heterocycles. The topological polar surface area (TPSA) is 49.3 Å². The highest BCUT2D eigenvalue weighted by molar-refractivity contribution is 7.84. The molecule has 3 unspecified atom stereocenters. The number of aliphatic hydroxyl groups is 1. The smallest absolute Gasteiger partial charge is 0.0524 e. The second-order valence-electron chi connectivity index (χ2n) is 3.56. The van der Waals surface area contributed by atoms with Gasteiger partial charge in [0.25, 0.3) is 0 Å². The first-order valence-electron chi connectivity index (χ1n) is 4.74. The van der Waals surface area contributed by atoms with Crippen molar-refractivity contribution in [2.45, 2.75) is 38.8 Å². The van der Waals surface area contributed by atoms with Gasteiger partial charge in [0.15, 0.2) is 0 Å². The van der Waals surface area contributed by atoms with E-state index in [1.165, 1.54) is 0 Å². The zero-order chi connectivity index (χ0) is 10.3. The Bertz CT molecular complexity index is 151. The van der Waals surface area contributed by atoms with Crippen molar-refractivity contribution in [3.8, 4) is 0 Å². The lowest BCUT2D eigenvalue weighted by atomic mass is 10.2. The summed E-state index contributed by atoms with van der Waals surface area (Å²) in [6, 6.07) is 0.391. The fourth-order valence-electron chi connectivity index (χ4n) is 0.983. The molecule has 0 bridgehead atoms. The Morgan fingerprint density at radius 2 is 2.00 bits per heavy atom. The quantitative estimate of drug-likeness (QED) is 0.639. The summed E-state index contributed by atoms with van der Waals surface area (Å²) in [5.74, 6) is 0.753. The molecule has 13 heavy (non-hydrogen) atoms. The van der Waals surface area contributed by atoms with E-state index in [4.69, 9.17) is 5.11 Å². The van der Waals surface area contributed by atoms with Gasteiger partial charge in [0.1, 0.15) is 0 Å². The van der Waals surface area contributed by atoms with E-state index < -0.39 is 10.8 Å². The lowest BCUT2D eigenvalue weighted by molar-refractivity contribution is 0.182. The third kappa shape index (κ3) is 9.99. The average molecular weight is 207 g/mol. The van der Waals surface area contributed by atoms with Crippen molar-refractivity contribution in [1.29, 1.82) is 0 Å². The SMILES string of the molecule is CC(O)CCNC(C)CCS(C)=O. The molecule has 0 heterocycles. The standard InChI is InChI=1S/C9H21NO2S/c1-8(5-7-13(3)12)10-6-4-9(2)11/h8-11H,4-7H2,1-3H3. The van der Waals surface area contributed by atoms with Crippen LogP contribution in [0, 0.1) is 0 Å². The average Bonchev–Trinajstić information content (AvgIpc) is 2.00. The largest absolute Gasteiger partial charge is 0.393 e. The molecule has 0 radical (unpaired) electrons. The maximum Gasteiger partial charge on any atom is 0.0524 e. The summed E-state index contributed by atoms with van der Waals surface area (Å²) in [4.78, 5) is 0. The van der Waals surface area contributed by atoms with Crippen molar-refractivity contribution >= 4 is 10.8 Å². The first kappa shape index (κ1) is 13.1. The van der Waals surface area contributed by atoms with Crippen molar-refractivity contribution < 1.29 is 9.32 Å². The van der Waals surface area contributed by atoms with E-state index in [1.54, 1.807) is 13.2 Å². The normalized spacial score (nSPS) is 18.2. The van der Waals surface area contributed by atoms with Gasteiger partial charge in [0.2, 0.25) is 0 Å². The van der Waals surface area contributed by atoms with Crippen LogP contribution in [0.15, 0.2) is 0 Å². The molecule has 0 saturated carbocycles. The van der Waals surface area contributed by atoms with Crippen molar-refractivity contribution in [1.82, 2.24) is 5.32 Å². The lowest BCUT2D eigenvalue weighted by Crippen LogP contribution is -2.29. The molecule has 80 valence electrons. The van der Waals surface area contributed by atoms with Gasteiger partial charge in [-0.2, -0.15) is 0 Å². The van der Waals surface area contributed by atoms with E-state index in [0.29, 0.717) is 6.04 Å². The Morgan fingerprint density at radius 3 is 2.46 bits per heavy atom. The second kappa shape index (κ2) is 7.47.